The smallest absolute Gasteiger partial charge is 0.178 e. The molecule has 0 bridgehead atoms. The molecule has 2 rings (SSSR count). The Hall–Kier alpha value is -0.570. The molecule has 1 aliphatic carbocycles. The molecule has 0 heterocycles. The fourth-order valence-electron chi connectivity index (χ4n) is 2.10. The van der Waals surface area contributed by atoms with Crippen LogP contribution in [0.3, 0.4) is 0 Å². The molecule has 1 aromatic rings. The standard InChI is InChI=1S/C14H17Cl2NO/c1-2-7-17(11-4-5-11)9-14(18)12-8-10(15)3-6-13(12)16/h3,6,8,11H,2,4-5,7,9H2,1H3. The highest BCUT2D eigenvalue weighted by Gasteiger charge is 2.30. The number of rotatable bonds is 6. The zero-order valence-electron chi connectivity index (χ0n) is 10.5. The van der Waals surface area contributed by atoms with Gasteiger partial charge in [0.25, 0.3) is 0 Å². The van der Waals surface area contributed by atoms with E-state index in [1.165, 1.54) is 12.8 Å². The van der Waals surface area contributed by atoms with Crippen molar-refractivity contribution in [1.29, 1.82) is 0 Å². The number of hydrogen-bond acceptors (Lipinski definition) is 2. The van der Waals surface area contributed by atoms with Gasteiger partial charge in [0.2, 0.25) is 0 Å². The van der Waals surface area contributed by atoms with Crippen LogP contribution in [0.25, 0.3) is 0 Å². The molecule has 0 radical (unpaired) electrons. The summed E-state index contributed by atoms with van der Waals surface area (Å²) in [4.78, 5) is 14.5. The number of ketones is 1. The van der Waals surface area contributed by atoms with Crippen LogP contribution in [0.2, 0.25) is 10.0 Å². The summed E-state index contributed by atoms with van der Waals surface area (Å²) in [6.07, 6.45) is 3.47. The average Bonchev–Trinajstić information content (AvgIpc) is 3.15. The Balaban J connectivity index is 2.07. The Kier molecular flexibility index (Phi) is 4.66. The predicted molar refractivity (Wildman–Crippen MR) is 75.7 cm³/mol. The zero-order chi connectivity index (χ0) is 13.1. The third-order valence-corrected chi connectivity index (χ3v) is 3.71. The van der Waals surface area contributed by atoms with E-state index < -0.39 is 0 Å². The Morgan fingerprint density at radius 3 is 2.72 bits per heavy atom. The topological polar surface area (TPSA) is 20.3 Å². The lowest BCUT2D eigenvalue weighted by Crippen LogP contribution is -2.32. The average molecular weight is 286 g/mol. The molecule has 0 saturated heterocycles. The van der Waals surface area contributed by atoms with Gasteiger partial charge in [-0.1, -0.05) is 30.1 Å². The monoisotopic (exact) mass is 285 g/mol. The van der Waals surface area contributed by atoms with Crippen molar-refractivity contribution in [3.63, 3.8) is 0 Å². The van der Waals surface area contributed by atoms with Crippen LogP contribution >= 0.6 is 23.2 Å². The van der Waals surface area contributed by atoms with Crippen molar-refractivity contribution in [1.82, 2.24) is 4.90 Å². The van der Waals surface area contributed by atoms with E-state index in [1.807, 2.05) is 0 Å². The van der Waals surface area contributed by atoms with Crippen LogP contribution in [0.4, 0.5) is 0 Å². The van der Waals surface area contributed by atoms with Crippen LogP contribution in [0.15, 0.2) is 18.2 Å². The molecule has 1 aromatic carbocycles. The van der Waals surface area contributed by atoms with Gasteiger partial charge in [0.05, 0.1) is 11.6 Å². The van der Waals surface area contributed by atoms with Gasteiger partial charge < -0.3 is 0 Å². The predicted octanol–water partition coefficient (Wildman–Crippen LogP) is 4.05. The van der Waals surface area contributed by atoms with Gasteiger partial charge >= 0.3 is 0 Å². The van der Waals surface area contributed by atoms with E-state index in [9.17, 15) is 4.79 Å². The summed E-state index contributed by atoms with van der Waals surface area (Å²) >= 11 is 12.0. The van der Waals surface area contributed by atoms with Gasteiger partial charge in [0, 0.05) is 16.6 Å². The normalized spacial score (nSPS) is 15.1. The third kappa shape index (κ3) is 3.47. The number of Topliss-reactive ketones (excluding diaryl/α,β-unsaturated/α-hetero) is 1. The Morgan fingerprint density at radius 1 is 1.39 bits per heavy atom. The Morgan fingerprint density at radius 2 is 2.11 bits per heavy atom. The summed E-state index contributed by atoms with van der Waals surface area (Å²) in [5, 5.41) is 1.04. The van der Waals surface area contributed by atoms with E-state index in [4.69, 9.17) is 23.2 Å². The van der Waals surface area contributed by atoms with Crippen molar-refractivity contribution >= 4 is 29.0 Å². The van der Waals surface area contributed by atoms with Crippen molar-refractivity contribution < 1.29 is 4.79 Å². The summed E-state index contributed by atoms with van der Waals surface area (Å²) < 4.78 is 0. The summed E-state index contributed by atoms with van der Waals surface area (Å²) in [5.41, 5.74) is 0.533. The second kappa shape index (κ2) is 6.05. The van der Waals surface area contributed by atoms with Crippen LogP contribution in [-0.2, 0) is 0 Å². The first kappa shape index (κ1) is 13.9. The van der Waals surface area contributed by atoms with E-state index >= 15 is 0 Å². The molecule has 0 atom stereocenters. The summed E-state index contributed by atoms with van der Waals surface area (Å²) in [7, 11) is 0. The minimum absolute atomic E-state index is 0.0582. The van der Waals surface area contributed by atoms with Crippen LogP contribution in [0.5, 0.6) is 0 Å². The molecule has 0 aromatic heterocycles. The Bertz CT molecular complexity index is 443. The van der Waals surface area contributed by atoms with Crippen molar-refractivity contribution in [2.75, 3.05) is 13.1 Å². The SMILES string of the molecule is CCCN(CC(=O)c1cc(Cl)ccc1Cl)C1CC1. The first-order chi connectivity index (χ1) is 8.61. The molecule has 1 aliphatic rings. The van der Waals surface area contributed by atoms with Crippen molar-refractivity contribution in [2.45, 2.75) is 32.2 Å². The number of carbonyl (C=O) groups is 1. The number of halogens is 2. The van der Waals surface area contributed by atoms with Crippen molar-refractivity contribution in [2.24, 2.45) is 0 Å². The van der Waals surface area contributed by atoms with E-state index in [0.717, 1.165) is 13.0 Å². The molecule has 1 fully saturated rings. The lowest BCUT2D eigenvalue weighted by Gasteiger charge is -2.20. The minimum atomic E-state index is 0.0582. The molecule has 18 heavy (non-hydrogen) atoms. The maximum atomic E-state index is 12.3. The number of hydrogen-bond donors (Lipinski definition) is 0. The molecular formula is C14H17Cl2NO. The van der Waals surface area contributed by atoms with Crippen LogP contribution in [-0.4, -0.2) is 29.8 Å². The molecule has 0 amide bonds. The van der Waals surface area contributed by atoms with Crippen LogP contribution in [0.1, 0.15) is 36.5 Å². The molecule has 2 nitrogen and oxygen atoms in total. The van der Waals surface area contributed by atoms with Crippen molar-refractivity contribution in [3.05, 3.63) is 33.8 Å². The molecule has 0 unspecified atom stereocenters. The van der Waals surface area contributed by atoms with E-state index in [1.54, 1.807) is 18.2 Å². The van der Waals surface area contributed by atoms with E-state index in [-0.39, 0.29) is 5.78 Å². The second-order valence-electron chi connectivity index (χ2n) is 4.75. The third-order valence-electron chi connectivity index (χ3n) is 3.15. The van der Waals surface area contributed by atoms with Gasteiger partial charge in [-0.2, -0.15) is 0 Å². The molecular weight excluding hydrogens is 269 g/mol. The largest absolute Gasteiger partial charge is 0.293 e. The maximum Gasteiger partial charge on any atom is 0.178 e. The molecule has 98 valence electrons. The van der Waals surface area contributed by atoms with Gasteiger partial charge in [-0.25, -0.2) is 0 Å². The first-order valence-corrected chi connectivity index (χ1v) is 7.09. The van der Waals surface area contributed by atoms with Gasteiger partial charge in [-0.15, -0.1) is 0 Å². The quantitative estimate of drug-likeness (QED) is 0.735. The maximum absolute atomic E-state index is 12.3. The summed E-state index contributed by atoms with van der Waals surface area (Å²) in [6, 6.07) is 5.62. The van der Waals surface area contributed by atoms with Gasteiger partial charge in [0.15, 0.2) is 5.78 Å². The summed E-state index contributed by atoms with van der Waals surface area (Å²) in [5.74, 6) is 0.0582. The van der Waals surface area contributed by atoms with Crippen LogP contribution < -0.4 is 0 Å². The van der Waals surface area contributed by atoms with Crippen LogP contribution in [0, 0.1) is 0 Å². The van der Waals surface area contributed by atoms with Gasteiger partial charge in [-0.3, -0.25) is 9.69 Å². The highest BCUT2D eigenvalue weighted by atomic mass is 35.5. The second-order valence-corrected chi connectivity index (χ2v) is 5.59. The summed E-state index contributed by atoms with van der Waals surface area (Å²) in [6.45, 7) is 3.54. The highest BCUT2D eigenvalue weighted by molar-refractivity contribution is 6.36. The zero-order valence-corrected chi connectivity index (χ0v) is 12.0. The molecule has 0 N–H and O–H groups in total. The number of carbonyl (C=O) groups excluding carboxylic acids is 1. The van der Waals surface area contributed by atoms with Gasteiger partial charge in [0.1, 0.15) is 0 Å². The molecule has 1 saturated carbocycles. The molecule has 0 aliphatic heterocycles. The molecule has 0 spiro atoms. The highest BCUT2D eigenvalue weighted by Crippen LogP contribution is 2.28. The fraction of sp³-hybridized carbons (Fsp3) is 0.500. The minimum Gasteiger partial charge on any atom is -0.293 e. The van der Waals surface area contributed by atoms with E-state index in [2.05, 4.69) is 11.8 Å². The molecule has 4 heteroatoms. The Labute approximate surface area is 118 Å². The first-order valence-electron chi connectivity index (χ1n) is 6.34. The lowest BCUT2D eigenvalue weighted by atomic mass is 10.1. The lowest BCUT2D eigenvalue weighted by molar-refractivity contribution is 0.0925. The fourth-order valence-corrected chi connectivity index (χ4v) is 2.49. The van der Waals surface area contributed by atoms with E-state index in [0.29, 0.717) is 28.2 Å². The van der Waals surface area contributed by atoms with Gasteiger partial charge in [-0.05, 0) is 44.0 Å². The number of benzene rings is 1. The van der Waals surface area contributed by atoms with Crippen molar-refractivity contribution in [3.8, 4) is 0 Å². The number of nitrogens with zero attached hydrogens (tertiary/aromatic N) is 1.